The predicted octanol–water partition coefficient (Wildman–Crippen LogP) is 2.32. The third-order valence-electron chi connectivity index (χ3n) is 2.93. The quantitative estimate of drug-likeness (QED) is 0.783. The molecule has 0 fully saturated rings. The number of hydrogen-bond donors (Lipinski definition) is 0. The van der Waals surface area contributed by atoms with E-state index in [2.05, 4.69) is 4.40 Å². The molecule has 0 heterocycles. The Bertz CT molecular complexity index is 659. The molecule has 0 saturated heterocycles. The molecule has 0 aliphatic heterocycles. The van der Waals surface area contributed by atoms with Gasteiger partial charge in [0, 0.05) is 13.7 Å². The summed E-state index contributed by atoms with van der Waals surface area (Å²) in [5, 5.41) is 0. The Kier molecular flexibility index (Phi) is 4.72. The van der Waals surface area contributed by atoms with Crippen molar-refractivity contribution in [2.75, 3.05) is 13.7 Å². The van der Waals surface area contributed by atoms with Crippen molar-refractivity contribution in [1.29, 1.82) is 0 Å². The van der Waals surface area contributed by atoms with Crippen LogP contribution in [0.3, 0.4) is 0 Å². The number of hydrogen-bond acceptors (Lipinski definition) is 4. The van der Waals surface area contributed by atoms with Gasteiger partial charge in [-0.05, 0) is 43.4 Å². The smallest absolute Gasteiger partial charge is 0.282 e. The van der Waals surface area contributed by atoms with Crippen LogP contribution in [0.15, 0.2) is 63.9 Å². The number of ether oxygens (including phenoxy) is 2. The zero-order valence-corrected chi connectivity index (χ0v) is 12.7. The second-order valence-electron chi connectivity index (χ2n) is 4.33. The second-order valence-corrected chi connectivity index (χ2v) is 5.93. The Hall–Kier alpha value is -1.76. The van der Waals surface area contributed by atoms with Gasteiger partial charge in [0.05, 0.1) is 10.6 Å². The first-order valence-corrected chi connectivity index (χ1v) is 7.93. The van der Waals surface area contributed by atoms with Crippen molar-refractivity contribution in [3.8, 4) is 0 Å². The standard InChI is InChI=1S/C15H17NO4S/c1-3-20-15(19-2)11-9-13(10-12-15)16-21(17,18)14-7-5-4-6-8-14/h4-12H,3H2,1-2H3. The Morgan fingerprint density at radius 3 is 2.29 bits per heavy atom. The van der Waals surface area contributed by atoms with E-state index in [0.29, 0.717) is 12.3 Å². The van der Waals surface area contributed by atoms with Crippen LogP contribution in [0, 0.1) is 0 Å². The number of benzene rings is 1. The molecule has 0 spiro atoms. The first-order chi connectivity index (χ1) is 10.0. The van der Waals surface area contributed by atoms with Gasteiger partial charge in [-0.25, -0.2) is 0 Å². The Labute approximate surface area is 124 Å². The molecule has 1 aromatic rings. The van der Waals surface area contributed by atoms with Crippen LogP contribution in [-0.2, 0) is 19.5 Å². The fourth-order valence-corrected chi connectivity index (χ4v) is 2.88. The van der Waals surface area contributed by atoms with Crippen molar-refractivity contribution in [1.82, 2.24) is 0 Å². The second kappa shape index (κ2) is 6.34. The Morgan fingerprint density at radius 1 is 1.14 bits per heavy atom. The summed E-state index contributed by atoms with van der Waals surface area (Å²) in [6.07, 6.45) is 6.41. The number of rotatable bonds is 5. The largest absolute Gasteiger partial charge is 0.346 e. The molecule has 0 bridgehead atoms. The number of allylic oxidation sites excluding steroid dienone is 2. The van der Waals surface area contributed by atoms with Gasteiger partial charge in [0.2, 0.25) is 5.79 Å². The molecule has 1 aromatic carbocycles. The maximum absolute atomic E-state index is 12.1. The summed E-state index contributed by atoms with van der Waals surface area (Å²) in [5.41, 5.74) is 0.325. The minimum atomic E-state index is -3.71. The van der Waals surface area contributed by atoms with E-state index in [1.807, 2.05) is 6.92 Å². The molecule has 1 aliphatic rings. The monoisotopic (exact) mass is 307 g/mol. The van der Waals surface area contributed by atoms with Gasteiger partial charge in [-0.1, -0.05) is 18.2 Å². The average Bonchev–Trinajstić information content (AvgIpc) is 2.50. The Balaban J connectivity index is 2.26. The van der Waals surface area contributed by atoms with Gasteiger partial charge in [0.1, 0.15) is 0 Å². The van der Waals surface area contributed by atoms with Gasteiger partial charge in [-0.15, -0.1) is 0 Å². The summed E-state index contributed by atoms with van der Waals surface area (Å²) in [7, 11) is -2.19. The lowest BCUT2D eigenvalue weighted by atomic mass is 10.1. The van der Waals surface area contributed by atoms with E-state index < -0.39 is 15.8 Å². The zero-order chi connectivity index (χ0) is 15.3. The first-order valence-electron chi connectivity index (χ1n) is 6.49. The summed E-state index contributed by atoms with van der Waals surface area (Å²) in [6, 6.07) is 8.08. The van der Waals surface area contributed by atoms with E-state index in [0.717, 1.165) is 0 Å². The van der Waals surface area contributed by atoms with Crippen LogP contribution in [0.2, 0.25) is 0 Å². The van der Waals surface area contributed by atoms with E-state index in [1.165, 1.54) is 19.2 Å². The fourth-order valence-electron chi connectivity index (χ4n) is 1.88. The van der Waals surface area contributed by atoms with Gasteiger partial charge in [-0.2, -0.15) is 12.8 Å². The highest BCUT2D eigenvalue weighted by Crippen LogP contribution is 2.21. The highest BCUT2D eigenvalue weighted by Gasteiger charge is 2.26. The minimum Gasteiger partial charge on any atom is -0.346 e. The highest BCUT2D eigenvalue weighted by atomic mass is 32.2. The maximum atomic E-state index is 12.1. The molecule has 0 unspecified atom stereocenters. The fraction of sp³-hybridized carbons (Fsp3) is 0.267. The van der Waals surface area contributed by atoms with Crippen LogP contribution in [0.4, 0.5) is 0 Å². The molecule has 0 atom stereocenters. The first kappa shape index (κ1) is 15.6. The van der Waals surface area contributed by atoms with Gasteiger partial charge in [0.25, 0.3) is 10.0 Å². The van der Waals surface area contributed by atoms with Gasteiger partial charge >= 0.3 is 0 Å². The number of nitrogens with zero attached hydrogens (tertiary/aromatic N) is 1. The van der Waals surface area contributed by atoms with Crippen molar-refractivity contribution < 1.29 is 17.9 Å². The lowest BCUT2D eigenvalue weighted by Gasteiger charge is -2.27. The molecule has 0 amide bonds. The maximum Gasteiger partial charge on any atom is 0.282 e. The summed E-state index contributed by atoms with van der Waals surface area (Å²) in [6.45, 7) is 2.32. The van der Waals surface area contributed by atoms with E-state index in [9.17, 15) is 8.42 Å². The molecule has 5 nitrogen and oxygen atoms in total. The average molecular weight is 307 g/mol. The normalized spacial score (nSPS) is 21.5. The molecule has 21 heavy (non-hydrogen) atoms. The van der Waals surface area contributed by atoms with Crippen molar-refractivity contribution >= 4 is 15.7 Å². The zero-order valence-electron chi connectivity index (χ0n) is 11.9. The van der Waals surface area contributed by atoms with Gasteiger partial charge < -0.3 is 9.47 Å². The van der Waals surface area contributed by atoms with Gasteiger partial charge in [-0.3, -0.25) is 0 Å². The molecule has 0 radical (unpaired) electrons. The van der Waals surface area contributed by atoms with E-state index >= 15 is 0 Å². The van der Waals surface area contributed by atoms with Crippen molar-refractivity contribution in [2.24, 2.45) is 4.40 Å². The lowest BCUT2D eigenvalue weighted by molar-refractivity contribution is -0.150. The molecule has 0 aromatic heterocycles. The third kappa shape index (κ3) is 3.66. The van der Waals surface area contributed by atoms with Gasteiger partial charge in [0.15, 0.2) is 0 Å². The Morgan fingerprint density at radius 2 is 1.76 bits per heavy atom. The summed E-state index contributed by atoms with van der Waals surface area (Å²) < 4.78 is 38.8. The highest BCUT2D eigenvalue weighted by molar-refractivity contribution is 7.90. The minimum absolute atomic E-state index is 0.160. The van der Waals surface area contributed by atoms with Crippen molar-refractivity contribution in [3.63, 3.8) is 0 Å². The molecule has 0 N–H and O–H groups in total. The molecule has 112 valence electrons. The summed E-state index contributed by atoms with van der Waals surface area (Å²) in [4.78, 5) is 0.160. The van der Waals surface area contributed by atoms with Crippen molar-refractivity contribution in [2.45, 2.75) is 17.6 Å². The van der Waals surface area contributed by atoms with Crippen LogP contribution in [-0.4, -0.2) is 33.6 Å². The lowest BCUT2D eigenvalue weighted by Crippen LogP contribution is -2.32. The van der Waals surface area contributed by atoms with Crippen LogP contribution in [0.25, 0.3) is 0 Å². The van der Waals surface area contributed by atoms with Crippen LogP contribution in [0.1, 0.15) is 6.92 Å². The molecule has 0 saturated carbocycles. The van der Waals surface area contributed by atoms with Crippen LogP contribution in [0.5, 0.6) is 0 Å². The summed E-state index contributed by atoms with van der Waals surface area (Å²) in [5.74, 6) is -0.954. The molecule has 1 aliphatic carbocycles. The van der Waals surface area contributed by atoms with Crippen LogP contribution >= 0.6 is 0 Å². The number of sulfonamides is 1. The van der Waals surface area contributed by atoms with E-state index in [1.54, 1.807) is 42.5 Å². The molecular formula is C15H17NO4S. The van der Waals surface area contributed by atoms with E-state index in [-0.39, 0.29) is 4.90 Å². The molecule has 6 heteroatoms. The van der Waals surface area contributed by atoms with E-state index in [4.69, 9.17) is 9.47 Å². The van der Waals surface area contributed by atoms with Crippen LogP contribution < -0.4 is 0 Å². The third-order valence-corrected chi connectivity index (χ3v) is 4.25. The predicted molar refractivity (Wildman–Crippen MR) is 80.7 cm³/mol. The summed E-state index contributed by atoms with van der Waals surface area (Å²) >= 11 is 0. The SMILES string of the molecule is CCOC1(OC)C=CC(=NS(=O)(=O)c2ccccc2)C=C1. The molecular weight excluding hydrogens is 290 g/mol. The number of methoxy groups -OCH3 is 1. The molecule has 2 rings (SSSR count). The van der Waals surface area contributed by atoms with Crippen molar-refractivity contribution in [3.05, 3.63) is 54.6 Å². The topological polar surface area (TPSA) is 65.0 Å².